The van der Waals surface area contributed by atoms with E-state index in [1.807, 2.05) is 130 Å². The van der Waals surface area contributed by atoms with E-state index < -0.39 is 11.2 Å². The first-order valence-corrected chi connectivity index (χ1v) is 23.7. The Morgan fingerprint density at radius 1 is 0.643 bits per heavy atom. The van der Waals surface area contributed by atoms with Crippen molar-refractivity contribution in [1.82, 2.24) is 23.7 Å². The molecule has 0 saturated heterocycles. The maximum absolute atomic E-state index is 12.9. The second kappa shape index (κ2) is 19.4. The van der Waals surface area contributed by atoms with Crippen LogP contribution >= 0.6 is 34.8 Å². The van der Waals surface area contributed by atoms with Crippen LogP contribution in [0.5, 0.6) is 5.75 Å². The van der Waals surface area contributed by atoms with Gasteiger partial charge in [-0.3, -0.25) is 9.59 Å². The third-order valence-electron chi connectivity index (χ3n) is 13.2. The number of amides is 1. The van der Waals surface area contributed by atoms with Gasteiger partial charge in [-0.05, 0) is 124 Å². The largest absolute Gasteiger partial charge is 0.494 e. The highest BCUT2D eigenvalue weighted by Crippen LogP contribution is 2.45. The average Bonchev–Trinajstić information content (AvgIpc) is 4.01. The van der Waals surface area contributed by atoms with E-state index in [1.165, 1.54) is 0 Å². The molecule has 0 spiro atoms. The third kappa shape index (κ3) is 8.80. The molecule has 0 saturated carbocycles. The number of carbonyl (C=O) groups excluding carboxylic acids is 1. The second-order valence-corrected chi connectivity index (χ2v) is 18.7. The Morgan fingerprint density at radius 2 is 1.21 bits per heavy atom. The van der Waals surface area contributed by atoms with Crippen LogP contribution in [-0.4, -0.2) is 53.4 Å². The third-order valence-corrected chi connectivity index (χ3v) is 13.9. The van der Waals surface area contributed by atoms with E-state index in [0.29, 0.717) is 61.7 Å². The van der Waals surface area contributed by atoms with Crippen LogP contribution in [-0.2, 0) is 37.1 Å². The van der Waals surface area contributed by atoms with Crippen LogP contribution in [0.1, 0.15) is 64.0 Å². The van der Waals surface area contributed by atoms with Crippen molar-refractivity contribution in [2.45, 2.75) is 30.5 Å². The Kier molecular flexibility index (Phi) is 13.3. The molecule has 14 heteroatoms. The summed E-state index contributed by atoms with van der Waals surface area (Å²) in [6, 6.07) is 42.6. The fourth-order valence-corrected chi connectivity index (χ4v) is 9.96. The molecule has 0 radical (unpaired) electrons. The number of rotatable bonds is 10. The number of aryl methyl sites for hydroxylation is 3. The first kappa shape index (κ1) is 48.1. The molecule has 354 valence electrons. The van der Waals surface area contributed by atoms with Crippen LogP contribution in [0, 0.1) is 0 Å². The van der Waals surface area contributed by atoms with Gasteiger partial charge in [0.25, 0.3) is 5.56 Å². The van der Waals surface area contributed by atoms with Gasteiger partial charge in [-0.1, -0.05) is 95.5 Å². The summed E-state index contributed by atoms with van der Waals surface area (Å²) in [5.41, 5.74) is 5.85. The second-order valence-electron chi connectivity index (χ2n) is 17.4. The zero-order valence-electron chi connectivity index (χ0n) is 39.0. The number of nitrogens with zero attached hydrogens (tertiary/aromatic N) is 6. The van der Waals surface area contributed by atoms with Gasteiger partial charge in [-0.15, -0.1) is 0 Å². The van der Waals surface area contributed by atoms with Crippen LogP contribution in [0.3, 0.4) is 0 Å². The van der Waals surface area contributed by atoms with E-state index in [1.54, 1.807) is 88.1 Å². The molecular weight excluding hydrogens is 943 g/mol. The SMILES string of the molecule is CCOc1cccc(-c2cc(=O)n(C)c3ccc(C(O)(c4ccc(Cl)cc4)c4cncn4C)cc23)c1.CN1C(=O)CC(c2cccc(Cl)c2)c2cc(C(O)(c3ccc(Cl)cc3)c3cncn3C)ccc21. The Bertz CT molecular complexity index is 3460. The molecule has 70 heavy (non-hydrogen) atoms. The van der Waals surface area contributed by atoms with Crippen molar-refractivity contribution in [2.24, 2.45) is 21.1 Å². The molecule has 0 bridgehead atoms. The number of halogens is 3. The number of carbonyl (C=O) groups is 1. The molecule has 1 amide bonds. The van der Waals surface area contributed by atoms with Crippen LogP contribution in [0.4, 0.5) is 5.69 Å². The van der Waals surface area contributed by atoms with Gasteiger partial charge >= 0.3 is 0 Å². The fraction of sp³-hybridized carbons (Fsp3) is 0.179. The molecule has 0 aliphatic carbocycles. The summed E-state index contributed by atoms with van der Waals surface area (Å²) in [6.07, 6.45) is 6.96. The Balaban J connectivity index is 0.000000174. The van der Waals surface area contributed by atoms with Crippen LogP contribution in [0.25, 0.3) is 22.0 Å². The minimum absolute atomic E-state index is 0.0322. The van der Waals surface area contributed by atoms with Gasteiger partial charge in [0, 0.05) is 72.7 Å². The van der Waals surface area contributed by atoms with Crippen LogP contribution in [0.2, 0.25) is 15.1 Å². The molecule has 10 rings (SSSR count). The Hall–Kier alpha value is -6.99. The number of benzene rings is 6. The maximum Gasteiger partial charge on any atom is 0.251 e. The maximum atomic E-state index is 12.9. The number of aliphatic hydroxyl groups is 2. The lowest BCUT2D eigenvalue weighted by Crippen LogP contribution is -2.35. The van der Waals surface area contributed by atoms with E-state index in [9.17, 15) is 19.8 Å². The summed E-state index contributed by atoms with van der Waals surface area (Å²) < 4.78 is 10.9. The number of hydrogen-bond acceptors (Lipinski definition) is 7. The lowest BCUT2D eigenvalue weighted by Gasteiger charge is -2.35. The summed E-state index contributed by atoms with van der Waals surface area (Å²) in [5.74, 6) is 0.579. The van der Waals surface area contributed by atoms with Gasteiger partial charge in [0.15, 0.2) is 11.2 Å². The van der Waals surface area contributed by atoms with Gasteiger partial charge in [0.05, 0.1) is 48.6 Å². The van der Waals surface area contributed by atoms with Crippen molar-refractivity contribution < 1.29 is 19.7 Å². The quantitative estimate of drug-likeness (QED) is 0.140. The summed E-state index contributed by atoms with van der Waals surface area (Å²) in [4.78, 5) is 35.8. The van der Waals surface area contributed by atoms with E-state index in [4.69, 9.17) is 39.5 Å². The molecular formula is C56H49Cl3N6O5. The minimum Gasteiger partial charge on any atom is -0.494 e. The number of hydrogen-bond donors (Lipinski definition) is 2. The van der Waals surface area contributed by atoms with Crippen molar-refractivity contribution in [3.05, 3.63) is 235 Å². The highest BCUT2D eigenvalue weighted by Gasteiger charge is 2.40. The molecule has 3 aromatic heterocycles. The van der Waals surface area contributed by atoms with Crippen molar-refractivity contribution >= 4 is 57.3 Å². The van der Waals surface area contributed by atoms with Gasteiger partial charge in [0.1, 0.15) is 5.75 Å². The predicted molar refractivity (Wildman–Crippen MR) is 277 cm³/mol. The first-order valence-electron chi connectivity index (χ1n) is 22.6. The highest BCUT2D eigenvalue weighted by molar-refractivity contribution is 6.31. The molecule has 4 heterocycles. The van der Waals surface area contributed by atoms with Crippen molar-refractivity contribution in [3.63, 3.8) is 0 Å². The molecule has 3 unspecified atom stereocenters. The molecule has 0 fully saturated rings. The van der Waals surface area contributed by atoms with Crippen LogP contribution < -0.4 is 15.2 Å². The number of fused-ring (bicyclic) bond motifs is 2. The molecule has 3 atom stereocenters. The van der Waals surface area contributed by atoms with Gasteiger partial charge < -0.3 is 33.6 Å². The van der Waals surface area contributed by atoms with Crippen molar-refractivity contribution in [3.8, 4) is 16.9 Å². The Labute approximate surface area is 420 Å². The van der Waals surface area contributed by atoms with Gasteiger partial charge in [-0.25, -0.2) is 9.97 Å². The number of imidazole rings is 2. The molecule has 1 aliphatic heterocycles. The average molecular weight is 992 g/mol. The molecule has 11 nitrogen and oxygen atoms in total. The van der Waals surface area contributed by atoms with E-state index in [2.05, 4.69) is 9.97 Å². The molecule has 9 aromatic rings. The lowest BCUT2D eigenvalue weighted by molar-refractivity contribution is -0.118. The topological polar surface area (TPSA) is 128 Å². The predicted octanol–water partition coefficient (Wildman–Crippen LogP) is 10.8. The smallest absolute Gasteiger partial charge is 0.251 e. The van der Waals surface area contributed by atoms with E-state index in [0.717, 1.165) is 44.6 Å². The zero-order chi connectivity index (χ0) is 49.5. The monoisotopic (exact) mass is 990 g/mol. The number of anilines is 1. The van der Waals surface area contributed by atoms with Gasteiger partial charge in [-0.2, -0.15) is 0 Å². The lowest BCUT2D eigenvalue weighted by atomic mass is 9.78. The normalized spacial score (nSPS) is 15.1. The highest BCUT2D eigenvalue weighted by atomic mass is 35.5. The van der Waals surface area contributed by atoms with Crippen LogP contribution in [0.15, 0.2) is 169 Å². The summed E-state index contributed by atoms with van der Waals surface area (Å²) >= 11 is 18.6. The van der Waals surface area contributed by atoms with E-state index in [-0.39, 0.29) is 17.4 Å². The van der Waals surface area contributed by atoms with Crippen molar-refractivity contribution in [2.75, 3.05) is 18.6 Å². The minimum atomic E-state index is -1.51. The van der Waals surface area contributed by atoms with Gasteiger partial charge in [0.2, 0.25) is 5.91 Å². The molecule has 2 N–H and O–H groups in total. The number of ether oxygens (including phenoxy) is 1. The Morgan fingerprint density at radius 3 is 1.79 bits per heavy atom. The summed E-state index contributed by atoms with van der Waals surface area (Å²) in [7, 11) is 7.22. The standard InChI is InChI=1S/C29H26ClN3O3.C27H23Cl2N3O2/c1-4-36-23-7-5-6-19(14-23)24-16-28(34)33(3)26-13-10-21(15-25(24)26)29(35,27-17-31-18-32(27)2)20-8-11-22(30)12-9-20;1-31-16-30-15-25(31)27(34,18-6-9-20(28)10-7-18)19-8-11-24-23(13-19)22(14-26(33)32(24)2)17-4-3-5-21(29)12-17/h5-18,35H,4H2,1-3H3;3-13,15-16,22,34H,14H2,1-2H3. The number of aromatic nitrogens is 5. The summed E-state index contributed by atoms with van der Waals surface area (Å²) in [6.45, 7) is 2.48. The van der Waals surface area contributed by atoms with Crippen molar-refractivity contribution in [1.29, 1.82) is 0 Å². The van der Waals surface area contributed by atoms with E-state index >= 15 is 0 Å². The molecule has 1 aliphatic rings. The zero-order valence-corrected chi connectivity index (χ0v) is 41.3. The summed E-state index contributed by atoms with van der Waals surface area (Å²) in [5, 5.41) is 27.3. The first-order chi connectivity index (χ1) is 33.6. The number of pyridine rings is 1. The fourth-order valence-electron chi connectivity index (χ4n) is 9.50. The molecule has 6 aromatic carbocycles.